The van der Waals surface area contributed by atoms with Gasteiger partial charge in [-0.2, -0.15) is 0 Å². The number of hydrogen-bond acceptors (Lipinski definition) is 5. The number of methoxy groups -OCH3 is 1. The lowest BCUT2D eigenvalue weighted by Crippen LogP contribution is -2.27. The van der Waals surface area contributed by atoms with Gasteiger partial charge in [0.25, 0.3) is 11.1 Å². The molecule has 2 amide bonds. The van der Waals surface area contributed by atoms with Crippen LogP contribution >= 0.6 is 35.0 Å². The molecular formula is C24H17Cl2NO4S. The predicted molar refractivity (Wildman–Crippen MR) is 129 cm³/mol. The maximum absolute atomic E-state index is 13.0. The molecule has 1 aliphatic rings. The molecule has 0 aliphatic carbocycles. The Morgan fingerprint density at radius 3 is 2.25 bits per heavy atom. The second-order valence-electron chi connectivity index (χ2n) is 6.79. The summed E-state index contributed by atoms with van der Waals surface area (Å²) in [7, 11) is 1.54. The van der Waals surface area contributed by atoms with Crippen molar-refractivity contribution in [3.8, 4) is 11.5 Å². The first kappa shape index (κ1) is 22.3. The first-order chi connectivity index (χ1) is 15.5. The molecule has 1 aliphatic heterocycles. The summed E-state index contributed by atoms with van der Waals surface area (Å²) in [4.78, 5) is 26.9. The molecule has 0 atom stereocenters. The van der Waals surface area contributed by atoms with Crippen molar-refractivity contribution >= 4 is 57.9 Å². The zero-order valence-electron chi connectivity index (χ0n) is 16.9. The Hall–Kier alpha value is -2.93. The Kier molecular flexibility index (Phi) is 6.74. The van der Waals surface area contributed by atoms with Gasteiger partial charge in [-0.15, -0.1) is 0 Å². The predicted octanol–water partition coefficient (Wildman–Crippen LogP) is 6.82. The highest BCUT2D eigenvalue weighted by Gasteiger charge is 2.36. The normalized spacial score (nSPS) is 14.8. The van der Waals surface area contributed by atoms with Gasteiger partial charge in [-0.3, -0.25) is 9.59 Å². The molecule has 0 unspecified atom stereocenters. The van der Waals surface area contributed by atoms with Crippen LogP contribution in [0.1, 0.15) is 11.1 Å². The minimum absolute atomic E-state index is 0.282. The minimum atomic E-state index is -0.409. The molecule has 3 aromatic rings. The van der Waals surface area contributed by atoms with Crippen LogP contribution < -0.4 is 14.4 Å². The molecule has 8 heteroatoms. The van der Waals surface area contributed by atoms with Crippen LogP contribution in [0.2, 0.25) is 10.0 Å². The van der Waals surface area contributed by atoms with E-state index in [0.29, 0.717) is 32.8 Å². The Morgan fingerprint density at radius 2 is 1.59 bits per heavy atom. The van der Waals surface area contributed by atoms with E-state index < -0.39 is 5.91 Å². The zero-order chi connectivity index (χ0) is 22.7. The molecule has 0 N–H and O–H groups in total. The van der Waals surface area contributed by atoms with E-state index in [1.54, 1.807) is 67.8 Å². The van der Waals surface area contributed by atoms with Crippen LogP contribution in [-0.2, 0) is 11.4 Å². The number of carbonyl (C=O) groups excluding carboxylic acids is 2. The lowest BCUT2D eigenvalue weighted by Gasteiger charge is -2.14. The third-order valence-corrected chi connectivity index (χ3v) is 6.06. The summed E-state index contributed by atoms with van der Waals surface area (Å²) < 4.78 is 11.5. The Morgan fingerprint density at radius 1 is 0.938 bits per heavy atom. The number of amides is 2. The first-order valence-corrected chi connectivity index (χ1v) is 11.1. The van der Waals surface area contributed by atoms with Crippen molar-refractivity contribution in [2.45, 2.75) is 6.61 Å². The second kappa shape index (κ2) is 9.69. The molecule has 0 aromatic heterocycles. The quantitative estimate of drug-likeness (QED) is 0.358. The number of para-hydroxylation sites is 1. The van der Waals surface area contributed by atoms with Crippen LogP contribution in [0.25, 0.3) is 6.08 Å². The number of ether oxygens (including phenoxy) is 2. The number of imide groups is 1. The van der Waals surface area contributed by atoms with Crippen molar-refractivity contribution < 1.29 is 19.1 Å². The van der Waals surface area contributed by atoms with Crippen molar-refractivity contribution in [1.29, 1.82) is 0 Å². The van der Waals surface area contributed by atoms with E-state index in [2.05, 4.69) is 0 Å². The number of anilines is 1. The zero-order valence-corrected chi connectivity index (χ0v) is 19.2. The van der Waals surface area contributed by atoms with Gasteiger partial charge in [-0.05, 0) is 65.9 Å². The van der Waals surface area contributed by atoms with Crippen LogP contribution in [0.4, 0.5) is 10.5 Å². The summed E-state index contributed by atoms with van der Waals surface area (Å²) in [5.41, 5.74) is 2.01. The molecular weight excluding hydrogens is 469 g/mol. The Bertz CT molecular complexity index is 1190. The van der Waals surface area contributed by atoms with E-state index in [4.69, 9.17) is 32.7 Å². The number of hydrogen-bond donors (Lipinski definition) is 0. The van der Waals surface area contributed by atoms with Crippen molar-refractivity contribution in [1.82, 2.24) is 0 Å². The SMILES string of the molecule is COc1cccc(/C=C2\SC(=O)N(c3ccc(Cl)cc3)C2=O)c1OCc1ccc(Cl)cc1. The van der Waals surface area contributed by atoms with Crippen molar-refractivity contribution in [3.05, 3.63) is 92.8 Å². The Balaban J connectivity index is 1.63. The average Bonchev–Trinajstić information content (AvgIpc) is 3.07. The smallest absolute Gasteiger partial charge is 0.298 e. The van der Waals surface area contributed by atoms with Crippen LogP contribution in [0.5, 0.6) is 11.5 Å². The highest BCUT2D eigenvalue weighted by atomic mass is 35.5. The van der Waals surface area contributed by atoms with Crippen molar-refractivity contribution in [2.24, 2.45) is 0 Å². The third-order valence-electron chi connectivity index (χ3n) is 4.69. The van der Waals surface area contributed by atoms with Gasteiger partial charge >= 0.3 is 0 Å². The lowest BCUT2D eigenvalue weighted by atomic mass is 10.1. The molecule has 4 rings (SSSR count). The van der Waals surface area contributed by atoms with Gasteiger partial charge in [0, 0.05) is 15.6 Å². The molecule has 0 spiro atoms. The van der Waals surface area contributed by atoms with E-state index in [1.165, 1.54) is 0 Å². The van der Waals surface area contributed by atoms with Crippen molar-refractivity contribution in [3.63, 3.8) is 0 Å². The summed E-state index contributed by atoms with van der Waals surface area (Å²) >= 11 is 12.7. The summed E-state index contributed by atoms with van der Waals surface area (Å²) in [6, 6.07) is 19.2. The molecule has 1 heterocycles. The maximum Gasteiger partial charge on any atom is 0.298 e. The molecule has 1 fully saturated rings. The molecule has 162 valence electrons. The molecule has 1 saturated heterocycles. The fourth-order valence-electron chi connectivity index (χ4n) is 3.12. The first-order valence-electron chi connectivity index (χ1n) is 9.54. The molecule has 3 aromatic carbocycles. The fourth-order valence-corrected chi connectivity index (χ4v) is 4.20. The largest absolute Gasteiger partial charge is 0.493 e. The number of nitrogens with zero attached hydrogens (tertiary/aromatic N) is 1. The van der Waals surface area contributed by atoms with E-state index >= 15 is 0 Å². The lowest BCUT2D eigenvalue weighted by molar-refractivity contribution is -0.113. The monoisotopic (exact) mass is 485 g/mol. The van der Waals surface area contributed by atoms with Crippen molar-refractivity contribution in [2.75, 3.05) is 12.0 Å². The van der Waals surface area contributed by atoms with Crippen LogP contribution in [0.3, 0.4) is 0 Å². The van der Waals surface area contributed by atoms with Gasteiger partial charge < -0.3 is 9.47 Å². The van der Waals surface area contributed by atoms with E-state index in [-0.39, 0.29) is 16.8 Å². The van der Waals surface area contributed by atoms with Gasteiger partial charge in [0.2, 0.25) is 0 Å². The summed E-state index contributed by atoms with van der Waals surface area (Å²) in [5, 5.41) is 0.786. The van der Waals surface area contributed by atoms with Crippen LogP contribution in [0, 0.1) is 0 Å². The van der Waals surface area contributed by atoms with E-state index in [0.717, 1.165) is 22.2 Å². The number of carbonyl (C=O) groups is 2. The van der Waals surface area contributed by atoms with Gasteiger partial charge in [-0.1, -0.05) is 47.5 Å². The third kappa shape index (κ3) is 4.78. The average molecular weight is 486 g/mol. The maximum atomic E-state index is 13.0. The van der Waals surface area contributed by atoms with E-state index in [1.807, 2.05) is 12.1 Å². The summed E-state index contributed by atoms with van der Waals surface area (Å²) in [6.45, 7) is 0.282. The van der Waals surface area contributed by atoms with Gasteiger partial charge in [0.1, 0.15) is 6.61 Å². The summed E-state index contributed by atoms with van der Waals surface area (Å²) in [6.07, 6.45) is 1.64. The second-order valence-corrected chi connectivity index (χ2v) is 8.65. The molecule has 5 nitrogen and oxygen atoms in total. The van der Waals surface area contributed by atoms with E-state index in [9.17, 15) is 9.59 Å². The highest BCUT2D eigenvalue weighted by Crippen LogP contribution is 2.39. The number of thioether (sulfide) groups is 1. The van der Waals surface area contributed by atoms with Crippen LogP contribution in [-0.4, -0.2) is 18.3 Å². The topological polar surface area (TPSA) is 55.8 Å². The number of halogens is 2. The highest BCUT2D eigenvalue weighted by molar-refractivity contribution is 8.19. The molecule has 0 radical (unpaired) electrons. The Labute approximate surface area is 199 Å². The minimum Gasteiger partial charge on any atom is -0.493 e. The van der Waals surface area contributed by atoms with Gasteiger partial charge in [0.05, 0.1) is 17.7 Å². The molecule has 0 saturated carbocycles. The molecule has 32 heavy (non-hydrogen) atoms. The molecule has 0 bridgehead atoms. The van der Waals surface area contributed by atoms with Gasteiger partial charge in [0.15, 0.2) is 11.5 Å². The van der Waals surface area contributed by atoms with Crippen LogP contribution in [0.15, 0.2) is 71.6 Å². The fraction of sp³-hybridized carbons (Fsp3) is 0.0833. The standard InChI is InChI=1S/C24H17Cl2NO4S/c1-30-20-4-2-3-16(22(20)31-14-15-5-7-17(25)8-6-15)13-21-23(28)27(24(29)32-21)19-11-9-18(26)10-12-19/h2-13H,14H2,1H3/b21-13-. The summed E-state index contributed by atoms with van der Waals surface area (Å²) in [5.74, 6) is 0.585. The number of rotatable bonds is 6. The van der Waals surface area contributed by atoms with Gasteiger partial charge in [-0.25, -0.2) is 4.90 Å². The number of benzene rings is 3.